The highest BCUT2D eigenvalue weighted by atomic mass is 32.1. The second-order valence-corrected chi connectivity index (χ2v) is 6.38. The lowest BCUT2D eigenvalue weighted by Gasteiger charge is -2.03. The Bertz CT molecular complexity index is 849. The minimum atomic E-state index is -0.796. The quantitative estimate of drug-likeness (QED) is 0.299. The Balaban J connectivity index is 1.83. The van der Waals surface area contributed by atoms with Crippen molar-refractivity contribution in [2.24, 2.45) is 4.99 Å². The van der Waals surface area contributed by atoms with Crippen LogP contribution in [0.4, 0.5) is 14.5 Å². The standard InChI is InChI=1S/C18H11F2NS2/c19-15-9-12(10-16(20)18(15)21-11-22)5-6-14-7-8-17(23-14)13-3-1-2-4-13/h1-2,7-10,13H,3-4H2. The molecule has 1 aromatic heterocycles. The zero-order chi connectivity index (χ0) is 16.2. The lowest BCUT2D eigenvalue weighted by molar-refractivity contribution is 0.587. The van der Waals surface area contributed by atoms with Crippen molar-refractivity contribution >= 4 is 34.4 Å². The number of hydrogen-bond acceptors (Lipinski definition) is 3. The maximum atomic E-state index is 13.7. The summed E-state index contributed by atoms with van der Waals surface area (Å²) in [6.45, 7) is 0. The molecule has 0 unspecified atom stereocenters. The van der Waals surface area contributed by atoms with Gasteiger partial charge in [0.05, 0.1) is 10.0 Å². The predicted octanol–water partition coefficient (Wildman–Crippen LogP) is 5.59. The third-order valence-corrected chi connectivity index (χ3v) is 4.80. The van der Waals surface area contributed by atoms with Gasteiger partial charge in [-0.15, -0.1) is 11.3 Å². The van der Waals surface area contributed by atoms with E-state index in [9.17, 15) is 8.78 Å². The average Bonchev–Trinajstić information content (AvgIpc) is 3.19. The van der Waals surface area contributed by atoms with E-state index in [1.54, 1.807) is 11.3 Å². The van der Waals surface area contributed by atoms with Gasteiger partial charge in [0.15, 0.2) is 11.6 Å². The summed E-state index contributed by atoms with van der Waals surface area (Å²) >= 11 is 5.99. The maximum Gasteiger partial charge on any atom is 0.153 e. The summed E-state index contributed by atoms with van der Waals surface area (Å²) in [5.41, 5.74) is -0.168. The van der Waals surface area contributed by atoms with Crippen LogP contribution in [0.25, 0.3) is 0 Å². The van der Waals surface area contributed by atoms with E-state index in [1.165, 1.54) is 4.88 Å². The van der Waals surface area contributed by atoms with Gasteiger partial charge in [-0.3, -0.25) is 0 Å². The van der Waals surface area contributed by atoms with Crippen LogP contribution in [0.2, 0.25) is 0 Å². The third-order valence-electron chi connectivity index (χ3n) is 3.54. The number of hydrogen-bond donors (Lipinski definition) is 0. The summed E-state index contributed by atoms with van der Waals surface area (Å²) < 4.78 is 27.5. The minimum absolute atomic E-state index is 0.265. The molecule has 0 aliphatic heterocycles. The van der Waals surface area contributed by atoms with Crippen molar-refractivity contribution in [2.45, 2.75) is 18.8 Å². The molecule has 0 fully saturated rings. The van der Waals surface area contributed by atoms with E-state index < -0.39 is 17.3 Å². The molecule has 0 bridgehead atoms. The van der Waals surface area contributed by atoms with E-state index >= 15 is 0 Å². The van der Waals surface area contributed by atoms with E-state index in [1.807, 2.05) is 11.2 Å². The summed E-state index contributed by atoms with van der Waals surface area (Å²) in [7, 11) is 0. The highest BCUT2D eigenvalue weighted by Crippen LogP contribution is 2.33. The van der Waals surface area contributed by atoms with Gasteiger partial charge in [0.25, 0.3) is 0 Å². The Hall–Kier alpha value is -2.12. The van der Waals surface area contributed by atoms with Crippen LogP contribution in [-0.4, -0.2) is 5.16 Å². The average molecular weight is 343 g/mol. The van der Waals surface area contributed by atoms with Gasteiger partial charge in [0, 0.05) is 16.4 Å². The monoisotopic (exact) mass is 343 g/mol. The molecule has 0 N–H and O–H groups in total. The van der Waals surface area contributed by atoms with E-state index in [0.717, 1.165) is 29.9 Å². The van der Waals surface area contributed by atoms with E-state index in [0.29, 0.717) is 5.92 Å². The van der Waals surface area contributed by atoms with Crippen LogP contribution in [0, 0.1) is 23.5 Å². The fourth-order valence-corrected chi connectivity index (χ4v) is 3.49. The number of aliphatic imine (C=N–C) groups is 1. The second kappa shape index (κ2) is 6.97. The molecular weight excluding hydrogens is 332 g/mol. The summed E-state index contributed by atoms with van der Waals surface area (Å²) in [6, 6.07) is 6.32. The van der Waals surface area contributed by atoms with Crippen LogP contribution >= 0.6 is 23.6 Å². The molecule has 114 valence electrons. The molecule has 1 heterocycles. The molecule has 1 aliphatic carbocycles. The maximum absolute atomic E-state index is 13.7. The fraction of sp³-hybridized carbons (Fsp3) is 0.167. The van der Waals surface area contributed by atoms with Gasteiger partial charge < -0.3 is 0 Å². The Morgan fingerprint density at radius 1 is 1.09 bits per heavy atom. The van der Waals surface area contributed by atoms with Gasteiger partial charge in [-0.1, -0.05) is 24.0 Å². The number of nitrogens with zero attached hydrogens (tertiary/aromatic N) is 1. The number of thiophene rings is 1. The number of isothiocyanates is 1. The number of halogens is 2. The molecule has 1 aromatic carbocycles. The van der Waals surface area contributed by atoms with Crippen molar-refractivity contribution in [3.8, 4) is 11.8 Å². The Labute approximate surface area is 142 Å². The topological polar surface area (TPSA) is 12.4 Å². The van der Waals surface area contributed by atoms with Gasteiger partial charge in [-0.25, -0.2) is 8.78 Å². The van der Waals surface area contributed by atoms with Crippen molar-refractivity contribution in [1.82, 2.24) is 0 Å². The van der Waals surface area contributed by atoms with E-state index in [2.05, 4.69) is 47.3 Å². The first-order valence-corrected chi connectivity index (χ1v) is 8.23. The number of benzene rings is 1. The van der Waals surface area contributed by atoms with Crippen LogP contribution in [0.5, 0.6) is 0 Å². The van der Waals surface area contributed by atoms with Gasteiger partial charge in [0.1, 0.15) is 5.69 Å². The third kappa shape index (κ3) is 3.62. The van der Waals surface area contributed by atoms with Crippen LogP contribution < -0.4 is 0 Å². The van der Waals surface area contributed by atoms with E-state index in [4.69, 9.17) is 0 Å². The zero-order valence-corrected chi connectivity index (χ0v) is 13.6. The normalized spacial score (nSPS) is 13.5. The first kappa shape index (κ1) is 15.8. The molecule has 0 saturated heterocycles. The lowest BCUT2D eigenvalue weighted by atomic mass is 10.1. The Morgan fingerprint density at radius 2 is 1.78 bits per heavy atom. The van der Waals surface area contributed by atoms with Crippen LogP contribution in [0.15, 0.2) is 41.4 Å². The molecule has 1 aliphatic rings. The second-order valence-electron chi connectivity index (χ2n) is 5.08. The minimum Gasteiger partial charge on any atom is -0.204 e. The van der Waals surface area contributed by atoms with Crippen molar-refractivity contribution in [3.63, 3.8) is 0 Å². The molecular formula is C18H11F2NS2. The smallest absolute Gasteiger partial charge is 0.153 e. The molecule has 2 aromatic rings. The Morgan fingerprint density at radius 3 is 2.43 bits per heavy atom. The SMILES string of the molecule is Fc1cc(C#Cc2ccc(C3CC=CC3)s2)cc(F)c1N=C=S. The molecule has 0 atom stereocenters. The summed E-state index contributed by atoms with van der Waals surface area (Å²) in [4.78, 5) is 5.55. The number of thiocarbonyl (C=S) groups is 1. The molecule has 0 radical (unpaired) electrons. The number of rotatable bonds is 2. The van der Waals surface area contributed by atoms with Crippen molar-refractivity contribution < 1.29 is 8.78 Å². The highest BCUT2D eigenvalue weighted by Gasteiger charge is 2.14. The molecule has 5 heteroatoms. The van der Waals surface area contributed by atoms with Gasteiger partial charge in [0.2, 0.25) is 0 Å². The van der Waals surface area contributed by atoms with Gasteiger partial charge in [-0.05, 0) is 49.3 Å². The molecule has 0 saturated carbocycles. The highest BCUT2D eigenvalue weighted by molar-refractivity contribution is 7.78. The molecule has 0 spiro atoms. The van der Waals surface area contributed by atoms with E-state index in [-0.39, 0.29) is 5.56 Å². The van der Waals surface area contributed by atoms with Crippen molar-refractivity contribution in [1.29, 1.82) is 0 Å². The summed E-state index contributed by atoms with van der Waals surface area (Å²) in [5.74, 6) is 4.70. The molecule has 1 nitrogen and oxygen atoms in total. The number of allylic oxidation sites excluding steroid dienone is 2. The van der Waals surface area contributed by atoms with Crippen molar-refractivity contribution in [2.75, 3.05) is 0 Å². The van der Waals surface area contributed by atoms with Gasteiger partial charge in [-0.2, -0.15) is 4.99 Å². The fourth-order valence-electron chi connectivity index (χ4n) is 2.41. The lowest BCUT2D eigenvalue weighted by Crippen LogP contribution is -1.86. The summed E-state index contributed by atoms with van der Waals surface area (Å²) in [5, 5.41) is 1.96. The predicted molar refractivity (Wildman–Crippen MR) is 92.5 cm³/mol. The molecule has 0 amide bonds. The van der Waals surface area contributed by atoms with Crippen LogP contribution in [0.1, 0.15) is 34.1 Å². The largest absolute Gasteiger partial charge is 0.204 e. The Kier molecular flexibility index (Phi) is 4.78. The van der Waals surface area contributed by atoms with Crippen LogP contribution in [-0.2, 0) is 0 Å². The van der Waals surface area contributed by atoms with Crippen molar-refractivity contribution in [3.05, 3.63) is 63.4 Å². The van der Waals surface area contributed by atoms with Crippen LogP contribution in [0.3, 0.4) is 0 Å². The molecule has 3 rings (SSSR count). The zero-order valence-electron chi connectivity index (χ0n) is 12.0. The van der Waals surface area contributed by atoms with Gasteiger partial charge >= 0.3 is 0 Å². The first-order chi connectivity index (χ1) is 11.2. The first-order valence-electron chi connectivity index (χ1n) is 7.01. The molecule has 23 heavy (non-hydrogen) atoms. The summed E-state index contributed by atoms with van der Waals surface area (Å²) in [6.07, 6.45) is 6.49.